The number of imidazole rings is 1. The number of carbonyl (C=O) groups excluding carboxylic acids is 1. The van der Waals surface area contributed by atoms with Crippen molar-refractivity contribution in [3.63, 3.8) is 0 Å². The normalized spacial score (nSPS) is 12.3. The van der Waals surface area contributed by atoms with Crippen molar-refractivity contribution in [3.05, 3.63) is 70.6 Å². The average Bonchev–Trinajstić information content (AvgIpc) is 2.81. The summed E-state index contributed by atoms with van der Waals surface area (Å²) in [5.74, 6) is -0.181. The number of aryl methyl sites for hydroxylation is 1. The Kier molecular flexibility index (Phi) is 4.02. The molecule has 5 nitrogen and oxygen atoms in total. The Morgan fingerprint density at radius 2 is 1.65 bits per heavy atom. The fourth-order valence-electron chi connectivity index (χ4n) is 2.77. The minimum atomic E-state index is -0.186. The van der Waals surface area contributed by atoms with Gasteiger partial charge in [0.25, 0.3) is 0 Å². The molecular formula is C18H19N3O2. The quantitative estimate of drug-likeness (QED) is 0.803. The Morgan fingerprint density at radius 3 is 2.35 bits per heavy atom. The van der Waals surface area contributed by atoms with Crippen LogP contribution in [0.2, 0.25) is 0 Å². The van der Waals surface area contributed by atoms with Gasteiger partial charge in [-0.3, -0.25) is 13.9 Å². The Labute approximate surface area is 134 Å². The third kappa shape index (κ3) is 2.90. The molecule has 1 atom stereocenters. The van der Waals surface area contributed by atoms with Gasteiger partial charge < -0.3 is 5.32 Å². The Hall–Kier alpha value is -2.82. The molecule has 0 aliphatic rings. The molecule has 23 heavy (non-hydrogen) atoms. The van der Waals surface area contributed by atoms with Crippen molar-refractivity contribution < 1.29 is 4.79 Å². The van der Waals surface area contributed by atoms with Crippen molar-refractivity contribution in [2.24, 2.45) is 7.05 Å². The summed E-state index contributed by atoms with van der Waals surface area (Å²) in [6.07, 6.45) is 0. The number of carbonyl (C=O) groups is 1. The number of rotatable bonds is 4. The van der Waals surface area contributed by atoms with E-state index in [0.717, 1.165) is 16.6 Å². The maximum absolute atomic E-state index is 12.3. The van der Waals surface area contributed by atoms with Crippen LogP contribution >= 0.6 is 0 Å². The first-order valence-electron chi connectivity index (χ1n) is 7.56. The summed E-state index contributed by atoms with van der Waals surface area (Å²) >= 11 is 0. The summed E-state index contributed by atoms with van der Waals surface area (Å²) < 4.78 is 3.06. The van der Waals surface area contributed by atoms with Gasteiger partial charge in [0.2, 0.25) is 5.91 Å². The molecule has 1 aromatic heterocycles. The van der Waals surface area contributed by atoms with Gasteiger partial charge in [0, 0.05) is 7.05 Å². The van der Waals surface area contributed by atoms with Crippen molar-refractivity contribution in [3.8, 4) is 0 Å². The van der Waals surface area contributed by atoms with Gasteiger partial charge in [0.1, 0.15) is 6.54 Å². The molecule has 0 radical (unpaired) electrons. The third-order valence-corrected chi connectivity index (χ3v) is 4.03. The molecule has 0 saturated heterocycles. The maximum atomic E-state index is 12.3. The van der Waals surface area contributed by atoms with Crippen molar-refractivity contribution >= 4 is 16.9 Å². The van der Waals surface area contributed by atoms with Crippen LogP contribution in [0.25, 0.3) is 11.0 Å². The van der Waals surface area contributed by atoms with E-state index in [-0.39, 0.29) is 24.2 Å². The summed E-state index contributed by atoms with van der Waals surface area (Å²) in [5, 5.41) is 2.94. The van der Waals surface area contributed by atoms with E-state index in [0.29, 0.717) is 0 Å². The molecule has 2 aromatic carbocycles. The SMILES string of the molecule is C[C@H](NC(=O)Cn1c(=O)n(C)c2ccccc21)c1ccccc1. The molecule has 5 heteroatoms. The molecule has 1 N–H and O–H groups in total. The number of amides is 1. The number of aromatic nitrogens is 2. The lowest BCUT2D eigenvalue weighted by Crippen LogP contribution is -2.34. The zero-order valence-corrected chi connectivity index (χ0v) is 13.2. The van der Waals surface area contributed by atoms with Gasteiger partial charge >= 0.3 is 5.69 Å². The molecule has 1 heterocycles. The second-order valence-electron chi connectivity index (χ2n) is 5.62. The molecule has 0 bridgehead atoms. The summed E-state index contributed by atoms with van der Waals surface area (Å²) in [4.78, 5) is 24.6. The molecule has 0 unspecified atom stereocenters. The highest BCUT2D eigenvalue weighted by Gasteiger charge is 2.15. The van der Waals surface area contributed by atoms with E-state index in [1.165, 1.54) is 4.57 Å². The van der Waals surface area contributed by atoms with Crippen molar-refractivity contribution in [2.45, 2.75) is 19.5 Å². The van der Waals surface area contributed by atoms with Gasteiger partial charge in [-0.2, -0.15) is 0 Å². The predicted molar refractivity (Wildman–Crippen MR) is 90.2 cm³/mol. The van der Waals surface area contributed by atoms with E-state index >= 15 is 0 Å². The number of hydrogen-bond acceptors (Lipinski definition) is 2. The Bertz CT molecular complexity index is 894. The molecule has 3 aromatic rings. The van der Waals surface area contributed by atoms with Crippen LogP contribution in [-0.4, -0.2) is 15.0 Å². The molecule has 0 saturated carbocycles. The summed E-state index contributed by atoms with van der Waals surface area (Å²) in [6, 6.07) is 17.1. The minimum absolute atomic E-state index is 0.0113. The molecular weight excluding hydrogens is 290 g/mol. The highest BCUT2D eigenvalue weighted by atomic mass is 16.2. The molecule has 0 aliphatic carbocycles. The van der Waals surface area contributed by atoms with Crippen LogP contribution in [0.1, 0.15) is 18.5 Å². The average molecular weight is 309 g/mol. The standard InChI is InChI=1S/C18H19N3O2/c1-13(14-8-4-3-5-9-14)19-17(22)12-21-16-11-7-6-10-15(16)20(2)18(21)23/h3-11,13H,12H2,1-2H3,(H,19,22)/t13-/m0/s1. The van der Waals surface area contributed by atoms with Crippen molar-refractivity contribution in [1.29, 1.82) is 0 Å². The van der Waals surface area contributed by atoms with E-state index in [1.54, 1.807) is 11.6 Å². The van der Waals surface area contributed by atoms with Crippen LogP contribution in [-0.2, 0) is 18.4 Å². The fraction of sp³-hybridized carbons (Fsp3) is 0.222. The minimum Gasteiger partial charge on any atom is -0.348 e. The fourth-order valence-corrected chi connectivity index (χ4v) is 2.77. The molecule has 0 aliphatic heterocycles. The van der Waals surface area contributed by atoms with E-state index in [2.05, 4.69) is 5.32 Å². The first-order valence-corrected chi connectivity index (χ1v) is 7.56. The van der Waals surface area contributed by atoms with Crippen LogP contribution in [0, 0.1) is 0 Å². The second-order valence-corrected chi connectivity index (χ2v) is 5.62. The van der Waals surface area contributed by atoms with Gasteiger partial charge in [-0.15, -0.1) is 0 Å². The van der Waals surface area contributed by atoms with Crippen molar-refractivity contribution in [1.82, 2.24) is 14.5 Å². The van der Waals surface area contributed by atoms with Gasteiger partial charge in [-0.1, -0.05) is 42.5 Å². The Balaban J connectivity index is 1.81. The zero-order chi connectivity index (χ0) is 16.4. The molecule has 0 spiro atoms. The lowest BCUT2D eigenvalue weighted by atomic mass is 10.1. The highest BCUT2D eigenvalue weighted by Crippen LogP contribution is 2.13. The first kappa shape index (κ1) is 15.1. The highest BCUT2D eigenvalue weighted by molar-refractivity contribution is 5.81. The predicted octanol–water partition coefficient (Wildman–Crippen LogP) is 2.22. The topological polar surface area (TPSA) is 56.0 Å². The first-order chi connectivity index (χ1) is 11.1. The van der Waals surface area contributed by atoms with Gasteiger partial charge in [-0.05, 0) is 24.6 Å². The summed E-state index contributed by atoms with van der Waals surface area (Å²) in [7, 11) is 1.71. The Morgan fingerprint density at radius 1 is 1.04 bits per heavy atom. The number of para-hydroxylation sites is 2. The molecule has 3 rings (SSSR count). The maximum Gasteiger partial charge on any atom is 0.329 e. The van der Waals surface area contributed by atoms with Crippen LogP contribution < -0.4 is 11.0 Å². The molecule has 118 valence electrons. The van der Waals surface area contributed by atoms with Crippen LogP contribution in [0.15, 0.2) is 59.4 Å². The number of hydrogen-bond donors (Lipinski definition) is 1. The number of nitrogens with one attached hydrogen (secondary N) is 1. The number of nitrogens with zero attached hydrogens (tertiary/aromatic N) is 2. The van der Waals surface area contributed by atoms with E-state index < -0.39 is 0 Å². The second kappa shape index (κ2) is 6.12. The third-order valence-electron chi connectivity index (χ3n) is 4.03. The summed E-state index contributed by atoms with van der Waals surface area (Å²) in [6.45, 7) is 1.94. The molecule has 0 fully saturated rings. The lowest BCUT2D eigenvalue weighted by Gasteiger charge is -2.14. The van der Waals surface area contributed by atoms with Crippen LogP contribution in [0.5, 0.6) is 0 Å². The van der Waals surface area contributed by atoms with E-state index in [1.807, 2.05) is 61.5 Å². The van der Waals surface area contributed by atoms with Gasteiger partial charge in [0.15, 0.2) is 0 Å². The molecule has 1 amide bonds. The number of fused-ring (bicyclic) bond motifs is 1. The van der Waals surface area contributed by atoms with Crippen molar-refractivity contribution in [2.75, 3.05) is 0 Å². The van der Waals surface area contributed by atoms with Gasteiger partial charge in [0.05, 0.1) is 17.1 Å². The van der Waals surface area contributed by atoms with Crippen LogP contribution in [0.4, 0.5) is 0 Å². The lowest BCUT2D eigenvalue weighted by molar-refractivity contribution is -0.122. The van der Waals surface area contributed by atoms with Crippen LogP contribution in [0.3, 0.4) is 0 Å². The van der Waals surface area contributed by atoms with Gasteiger partial charge in [-0.25, -0.2) is 4.79 Å². The monoisotopic (exact) mass is 309 g/mol. The van der Waals surface area contributed by atoms with E-state index in [4.69, 9.17) is 0 Å². The number of benzene rings is 2. The smallest absolute Gasteiger partial charge is 0.329 e. The largest absolute Gasteiger partial charge is 0.348 e. The van der Waals surface area contributed by atoms with E-state index in [9.17, 15) is 9.59 Å². The zero-order valence-electron chi connectivity index (χ0n) is 13.2. The summed E-state index contributed by atoms with van der Waals surface area (Å²) in [5.41, 5.74) is 2.43.